The van der Waals surface area contributed by atoms with Gasteiger partial charge in [0.1, 0.15) is 5.82 Å². The highest BCUT2D eigenvalue weighted by Gasteiger charge is 2.34. The minimum absolute atomic E-state index is 0. The average molecular weight is 478 g/mol. The van der Waals surface area contributed by atoms with Crippen molar-refractivity contribution < 1.29 is 4.79 Å². The van der Waals surface area contributed by atoms with Crippen LogP contribution in [0.1, 0.15) is 55.7 Å². The number of nitrogens with one attached hydrogen (secondary N) is 2. The van der Waals surface area contributed by atoms with E-state index in [9.17, 15) is 4.79 Å². The molecule has 5 rings (SSSR count). The number of piperazine rings is 1. The number of aromatic amines is 1. The molecule has 2 aromatic heterocycles. The number of hydrogen-bond acceptors (Lipinski definition) is 3. The molecule has 2 N–H and O–H groups in total. The van der Waals surface area contributed by atoms with Gasteiger partial charge in [0, 0.05) is 41.8 Å². The summed E-state index contributed by atoms with van der Waals surface area (Å²) in [4.78, 5) is 18.7. The Kier molecular flexibility index (Phi) is 6.72. The summed E-state index contributed by atoms with van der Waals surface area (Å²) in [5.74, 6) is 1.06. The van der Waals surface area contributed by atoms with Gasteiger partial charge in [0.25, 0.3) is 5.91 Å². The Bertz CT molecular complexity index is 1130. The lowest BCUT2D eigenvalue weighted by Crippen LogP contribution is -2.59. The molecule has 8 heteroatoms. The molecule has 0 saturated carbocycles. The van der Waals surface area contributed by atoms with Gasteiger partial charge in [-0.2, -0.15) is 5.10 Å². The van der Waals surface area contributed by atoms with E-state index in [0.717, 1.165) is 54.8 Å². The molecule has 32 heavy (non-hydrogen) atoms. The summed E-state index contributed by atoms with van der Waals surface area (Å²) in [6.45, 7) is 11.3. The molecule has 1 aromatic carbocycles. The SMILES string of the molecule is CC1(C)CCc2cnn(-c3cc4ccc(C(=O)N5CCNCC5(C)C)cc4[nH]3)c2C1.Cl.Cl. The van der Waals surface area contributed by atoms with E-state index >= 15 is 0 Å². The first-order valence-electron chi connectivity index (χ1n) is 11.0. The Hall–Kier alpha value is -2.02. The maximum atomic E-state index is 13.2. The van der Waals surface area contributed by atoms with Gasteiger partial charge in [-0.25, -0.2) is 4.68 Å². The van der Waals surface area contributed by atoms with Gasteiger partial charge in [-0.1, -0.05) is 19.9 Å². The quantitative estimate of drug-likeness (QED) is 0.569. The fraction of sp³-hybridized carbons (Fsp3) is 0.500. The van der Waals surface area contributed by atoms with E-state index in [-0.39, 0.29) is 36.3 Å². The highest BCUT2D eigenvalue weighted by atomic mass is 35.5. The Morgan fingerprint density at radius 2 is 1.91 bits per heavy atom. The Labute approximate surface area is 201 Å². The van der Waals surface area contributed by atoms with Crippen LogP contribution in [0.5, 0.6) is 0 Å². The Balaban J connectivity index is 0.00000144. The molecule has 3 aromatic rings. The van der Waals surface area contributed by atoms with E-state index in [1.54, 1.807) is 0 Å². The first kappa shape index (κ1) is 24.6. The molecule has 1 aliphatic carbocycles. The molecule has 0 bridgehead atoms. The average Bonchev–Trinajstić information content (AvgIpc) is 3.28. The number of aromatic nitrogens is 3. The van der Waals surface area contributed by atoms with Crippen molar-refractivity contribution in [2.75, 3.05) is 19.6 Å². The summed E-state index contributed by atoms with van der Waals surface area (Å²) < 4.78 is 2.05. The van der Waals surface area contributed by atoms with Crippen molar-refractivity contribution in [1.82, 2.24) is 25.0 Å². The number of carbonyl (C=O) groups excluding carboxylic acids is 1. The number of carbonyl (C=O) groups is 1. The number of hydrogen-bond donors (Lipinski definition) is 2. The van der Waals surface area contributed by atoms with Crippen LogP contribution in [0, 0.1) is 5.41 Å². The van der Waals surface area contributed by atoms with Gasteiger partial charge in [0.2, 0.25) is 0 Å². The molecule has 1 fully saturated rings. The molecule has 1 saturated heterocycles. The van der Waals surface area contributed by atoms with Crippen molar-refractivity contribution in [3.63, 3.8) is 0 Å². The van der Waals surface area contributed by atoms with Gasteiger partial charge in [-0.05, 0) is 62.3 Å². The van der Waals surface area contributed by atoms with Crippen LogP contribution in [-0.4, -0.2) is 50.7 Å². The highest BCUT2D eigenvalue weighted by molar-refractivity contribution is 5.98. The lowest BCUT2D eigenvalue weighted by molar-refractivity contribution is 0.0477. The summed E-state index contributed by atoms with van der Waals surface area (Å²) in [7, 11) is 0. The smallest absolute Gasteiger partial charge is 0.254 e. The molecule has 0 spiro atoms. The van der Waals surface area contributed by atoms with Gasteiger partial charge < -0.3 is 15.2 Å². The molecule has 0 radical (unpaired) electrons. The third-order valence-electron chi connectivity index (χ3n) is 6.80. The van der Waals surface area contributed by atoms with Crippen molar-refractivity contribution >= 4 is 41.6 Å². The zero-order valence-electron chi connectivity index (χ0n) is 19.2. The van der Waals surface area contributed by atoms with Crippen molar-refractivity contribution in [3.8, 4) is 5.82 Å². The second-order valence-electron chi connectivity index (χ2n) is 10.3. The lowest BCUT2D eigenvalue weighted by atomic mass is 9.77. The number of amides is 1. The molecule has 2 aliphatic rings. The van der Waals surface area contributed by atoms with Crippen LogP contribution >= 0.6 is 24.8 Å². The molecule has 1 aliphatic heterocycles. The van der Waals surface area contributed by atoms with E-state index in [4.69, 9.17) is 0 Å². The minimum atomic E-state index is -0.188. The summed E-state index contributed by atoms with van der Waals surface area (Å²) in [6.07, 6.45) is 5.32. The molecular formula is C24H33Cl2N5O. The first-order chi connectivity index (χ1) is 14.2. The Morgan fingerprint density at radius 1 is 1.12 bits per heavy atom. The lowest BCUT2D eigenvalue weighted by Gasteiger charge is -2.42. The standard InChI is InChI=1S/C24H31N5O.2ClH/c1-23(2)8-7-18-14-26-29(20(18)13-23)21-12-16-5-6-17(11-19(16)27-21)22(30)28-10-9-25-15-24(28,3)4;;/h5-6,11-12,14,25,27H,7-10,13,15H2,1-4H3;2*1H. The summed E-state index contributed by atoms with van der Waals surface area (Å²) in [6, 6.07) is 8.10. The van der Waals surface area contributed by atoms with Gasteiger partial charge in [-0.15, -0.1) is 24.8 Å². The third-order valence-corrected chi connectivity index (χ3v) is 6.80. The van der Waals surface area contributed by atoms with Gasteiger partial charge in [0.05, 0.1) is 11.7 Å². The maximum absolute atomic E-state index is 13.2. The van der Waals surface area contributed by atoms with E-state index in [1.165, 1.54) is 17.7 Å². The van der Waals surface area contributed by atoms with E-state index < -0.39 is 0 Å². The molecule has 0 atom stereocenters. The molecule has 1 amide bonds. The predicted octanol–water partition coefficient (Wildman–Crippen LogP) is 4.54. The number of fused-ring (bicyclic) bond motifs is 2. The van der Waals surface area contributed by atoms with Crippen LogP contribution < -0.4 is 5.32 Å². The van der Waals surface area contributed by atoms with Crippen LogP contribution in [-0.2, 0) is 12.8 Å². The van der Waals surface area contributed by atoms with Gasteiger partial charge >= 0.3 is 0 Å². The monoisotopic (exact) mass is 477 g/mol. The third kappa shape index (κ3) is 4.28. The predicted molar refractivity (Wildman–Crippen MR) is 134 cm³/mol. The van der Waals surface area contributed by atoms with Crippen molar-refractivity contribution in [1.29, 1.82) is 0 Å². The van der Waals surface area contributed by atoms with Crippen molar-refractivity contribution in [2.45, 2.75) is 52.5 Å². The molecule has 0 unspecified atom stereocenters. The fourth-order valence-electron chi connectivity index (χ4n) is 4.90. The van der Waals surface area contributed by atoms with Gasteiger partial charge in [0.15, 0.2) is 0 Å². The van der Waals surface area contributed by atoms with E-state index in [1.807, 2.05) is 29.3 Å². The van der Waals surface area contributed by atoms with Crippen LogP contribution in [0.15, 0.2) is 30.5 Å². The largest absolute Gasteiger partial charge is 0.340 e. The number of halogens is 2. The molecule has 3 heterocycles. The van der Waals surface area contributed by atoms with E-state index in [2.05, 4.69) is 53.8 Å². The number of H-pyrrole nitrogens is 1. The second-order valence-corrected chi connectivity index (χ2v) is 10.3. The highest BCUT2D eigenvalue weighted by Crippen LogP contribution is 2.35. The second kappa shape index (κ2) is 8.73. The topological polar surface area (TPSA) is 66.0 Å². The summed E-state index contributed by atoms with van der Waals surface area (Å²) in [5.41, 5.74) is 4.47. The summed E-state index contributed by atoms with van der Waals surface area (Å²) >= 11 is 0. The van der Waals surface area contributed by atoms with Crippen LogP contribution in [0.4, 0.5) is 0 Å². The molecule has 174 valence electrons. The van der Waals surface area contributed by atoms with E-state index in [0.29, 0.717) is 5.41 Å². The zero-order valence-corrected chi connectivity index (χ0v) is 20.8. The summed E-state index contributed by atoms with van der Waals surface area (Å²) in [5, 5.41) is 9.16. The number of aryl methyl sites for hydroxylation is 1. The molecule has 6 nitrogen and oxygen atoms in total. The van der Waals surface area contributed by atoms with Crippen LogP contribution in [0.3, 0.4) is 0 Å². The van der Waals surface area contributed by atoms with Crippen molar-refractivity contribution in [3.05, 3.63) is 47.3 Å². The minimum Gasteiger partial charge on any atom is -0.340 e. The number of nitrogens with zero attached hydrogens (tertiary/aromatic N) is 3. The van der Waals surface area contributed by atoms with Crippen molar-refractivity contribution in [2.24, 2.45) is 5.41 Å². The Morgan fingerprint density at radius 3 is 2.66 bits per heavy atom. The number of benzene rings is 1. The maximum Gasteiger partial charge on any atom is 0.254 e. The fourth-order valence-corrected chi connectivity index (χ4v) is 4.90. The molecular weight excluding hydrogens is 445 g/mol. The van der Waals surface area contributed by atoms with Gasteiger partial charge in [-0.3, -0.25) is 4.79 Å². The normalized spacial score (nSPS) is 19.1. The van der Waals surface area contributed by atoms with Crippen LogP contribution in [0.25, 0.3) is 16.7 Å². The zero-order chi connectivity index (χ0) is 21.1. The number of rotatable bonds is 2. The van der Waals surface area contributed by atoms with Crippen LogP contribution in [0.2, 0.25) is 0 Å². The first-order valence-corrected chi connectivity index (χ1v) is 11.0.